The highest BCUT2D eigenvalue weighted by molar-refractivity contribution is 6.03. The van der Waals surface area contributed by atoms with E-state index in [9.17, 15) is 4.79 Å². The van der Waals surface area contributed by atoms with E-state index in [-0.39, 0.29) is 5.91 Å². The molecule has 0 atom stereocenters. The molecule has 0 aliphatic carbocycles. The van der Waals surface area contributed by atoms with Gasteiger partial charge in [-0.1, -0.05) is 60.2 Å². The van der Waals surface area contributed by atoms with Crippen molar-refractivity contribution in [2.45, 2.75) is 20.8 Å². The second kappa shape index (κ2) is 8.40. The average molecular weight is 432 g/mol. The SMILES string of the molecule is Cc1ccc(-n2nc(C(=O)Nc3cc(C)cc(C)c3)cc2-c2ccc3ccccc3c2)cc1. The molecule has 0 bridgehead atoms. The number of nitrogens with one attached hydrogen (secondary N) is 1. The molecule has 5 rings (SSSR count). The number of amides is 1. The van der Waals surface area contributed by atoms with Gasteiger partial charge in [0.25, 0.3) is 5.91 Å². The topological polar surface area (TPSA) is 46.9 Å². The minimum absolute atomic E-state index is 0.229. The zero-order valence-electron chi connectivity index (χ0n) is 19.0. The maximum absolute atomic E-state index is 13.1. The number of fused-ring (bicyclic) bond motifs is 1. The highest BCUT2D eigenvalue weighted by Gasteiger charge is 2.17. The average Bonchev–Trinajstić information content (AvgIpc) is 3.24. The predicted molar refractivity (Wildman–Crippen MR) is 135 cm³/mol. The Balaban J connectivity index is 1.59. The van der Waals surface area contributed by atoms with Gasteiger partial charge >= 0.3 is 0 Å². The Morgan fingerprint density at radius 2 is 1.42 bits per heavy atom. The lowest BCUT2D eigenvalue weighted by Gasteiger charge is -2.09. The van der Waals surface area contributed by atoms with Crippen molar-refractivity contribution >= 4 is 22.4 Å². The molecule has 1 N–H and O–H groups in total. The molecule has 162 valence electrons. The first-order valence-corrected chi connectivity index (χ1v) is 11.0. The zero-order chi connectivity index (χ0) is 22.9. The smallest absolute Gasteiger partial charge is 0.276 e. The molecule has 4 nitrogen and oxygen atoms in total. The summed E-state index contributed by atoms with van der Waals surface area (Å²) in [6.07, 6.45) is 0. The van der Waals surface area contributed by atoms with Crippen LogP contribution in [0.25, 0.3) is 27.7 Å². The summed E-state index contributed by atoms with van der Waals surface area (Å²) < 4.78 is 1.85. The molecule has 4 aromatic carbocycles. The molecule has 0 saturated heterocycles. The monoisotopic (exact) mass is 431 g/mol. The third-order valence-electron chi connectivity index (χ3n) is 5.75. The van der Waals surface area contributed by atoms with Crippen LogP contribution in [0.3, 0.4) is 0 Å². The molecule has 0 radical (unpaired) electrons. The van der Waals surface area contributed by atoms with Gasteiger partial charge in [-0.3, -0.25) is 4.79 Å². The summed E-state index contributed by atoms with van der Waals surface area (Å²) in [6, 6.07) is 30.6. The van der Waals surface area contributed by atoms with Crippen molar-refractivity contribution in [1.29, 1.82) is 0 Å². The quantitative estimate of drug-likeness (QED) is 0.337. The molecule has 5 aromatic rings. The number of anilines is 1. The molecule has 0 spiro atoms. The fraction of sp³-hybridized carbons (Fsp3) is 0.103. The van der Waals surface area contributed by atoms with Crippen molar-refractivity contribution in [3.05, 3.63) is 113 Å². The highest BCUT2D eigenvalue weighted by Crippen LogP contribution is 2.28. The van der Waals surface area contributed by atoms with Gasteiger partial charge in [0.2, 0.25) is 0 Å². The van der Waals surface area contributed by atoms with E-state index >= 15 is 0 Å². The third-order valence-corrected chi connectivity index (χ3v) is 5.75. The number of aromatic nitrogens is 2. The minimum Gasteiger partial charge on any atom is -0.321 e. The predicted octanol–water partition coefficient (Wildman–Crippen LogP) is 6.87. The zero-order valence-corrected chi connectivity index (χ0v) is 19.0. The third kappa shape index (κ3) is 4.28. The first kappa shape index (κ1) is 20.7. The van der Waals surface area contributed by atoms with Gasteiger partial charge < -0.3 is 5.32 Å². The minimum atomic E-state index is -0.229. The molecule has 1 aromatic heterocycles. The summed E-state index contributed by atoms with van der Waals surface area (Å²) in [6.45, 7) is 6.10. The molecular weight excluding hydrogens is 406 g/mol. The van der Waals surface area contributed by atoms with E-state index in [2.05, 4.69) is 60.8 Å². The van der Waals surface area contributed by atoms with Crippen LogP contribution in [0.4, 0.5) is 5.69 Å². The molecule has 0 aliphatic heterocycles. The van der Waals surface area contributed by atoms with Crippen LogP contribution in [0.5, 0.6) is 0 Å². The van der Waals surface area contributed by atoms with Crippen LogP contribution in [0.15, 0.2) is 91.0 Å². The lowest BCUT2D eigenvalue weighted by molar-refractivity contribution is 0.102. The van der Waals surface area contributed by atoms with Gasteiger partial charge in [-0.2, -0.15) is 5.10 Å². The van der Waals surface area contributed by atoms with E-state index < -0.39 is 0 Å². The number of nitrogens with zero attached hydrogens (tertiary/aromatic N) is 2. The van der Waals surface area contributed by atoms with Crippen molar-refractivity contribution < 1.29 is 4.79 Å². The Hall–Kier alpha value is -4.18. The molecule has 0 saturated carbocycles. The number of hydrogen-bond donors (Lipinski definition) is 1. The number of aryl methyl sites for hydroxylation is 3. The van der Waals surface area contributed by atoms with Gasteiger partial charge in [0.1, 0.15) is 0 Å². The van der Waals surface area contributed by atoms with Crippen LogP contribution >= 0.6 is 0 Å². The summed E-state index contributed by atoms with van der Waals surface area (Å²) in [5, 5.41) is 10.0. The fourth-order valence-electron chi connectivity index (χ4n) is 4.17. The van der Waals surface area contributed by atoms with Crippen molar-refractivity contribution in [1.82, 2.24) is 9.78 Å². The molecule has 1 amide bonds. The van der Waals surface area contributed by atoms with E-state index in [1.54, 1.807) is 0 Å². The van der Waals surface area contributed by atoms with Gasteiger partial charge in [0.05, 0.1) is 11.4 Å². The second-order valence-electron chi connectivity index (χ2n) is 8.55. The van der Waals surface area contributed by atoms with Crippen LogP contribution in [0.2, 0.25) is 0 Å². The summed E-state index contributed by atoms with van der Waals surface area (Å²) in [7, 11) is 0. The van der Waals surface area contributed by atoms with E-state index in [1.165, 1.54) is 10.9 Å². The molecule has 0 fully saturated rings. The van der Waals surface area contributed by atoms with Gasteiger partial charge in [-0.05, 0) is 79.1 Å². The lowest BCUT2D eigenvalue weighted by atomic mass is 10.0. The van der Waals surface area contributed by atoms with Crippen LogP contribution in [-0.4, -0.2) is 15.7 Å². The highest BCUT2D eigenvalue weighted by atomic mass is 16.1. The van der Waals surface area contributed by atoms with Gasteiger partial charge in [0.15, 0.2) is 5.69 Å². The summed E-state index contributed by atoms with van der Waals surface area (Å²) in [4.78, 5) is 13.1. The molecule has 1 heterocycles. The van der Waals surface area contributed by atoms with Crippen LogP contribution in [-0.2, 0) is 0 Å². The van der Waals surface area contributed by atoms with Crippen LogP contribution in [0.1, 0.15) is 27.2 Å². The number of benzene rings is 4. The standard InChI is InChI=1S/C29H25N3O/c1-19-8-12-26(13-9-19)32-28(24-11-10-22-6-4-5-7-23(22)17-24)18-27(31-32)29(33)30-25-15-20(2)14-21(3)16-25/h4-18H,1-3H3,(H,30,33). The largest absolute Gasteiger partial charge is 0.321 e. The maximum Gasteiger partial charge on any atom is 0.276 e. The van der Waals surface area contributed by atoms with Crippen LogP contribution in [0, 0.1) is 20.8 Å². The van der Waals surface area contributed by atoms with E-state index in [0.29, 0.717) is 5.69 Å². The van der Waals surface area contributed by atoms with Crippen LogP contribution < -0.4 is 5.32 Å². The van der Waals surface area contributed by atoms with Gasteiger partial charge in [-0.15, -0.1) is 0 Å². The summed E-state index contributed by atoms with van der Waals surface area (Å²) in [5.41, 5.74) is 7.31. The normalized spacial score (nSPS) is 11.0. The Morgan fingerprint density at radius 3 is 2.15 bits per heavy atom. The second-order valence-corrected chi connectivity index (χ2v) is 8.55. The summed E-state index contributed by atoms with van der Waals surface area (Å²) >= 11 is 0. The molecule has 0 unspecified atom stereocenters. The molecule has 4 heteroatoms. The van der Waals surface area contributed by atoms with Crippen molar-refractivity contribution in [2.24, 2.45) is 0 Å². The first-order valence-electron chi connectivity index (χ1n) is 11.0. The number of rotatable bonds is 4. The van der Waals surface area contributed by atoms with E-state index in [0.717, 1.165) is 39.1 Å². The lowest BCUT2D eigenvalue weighted by Crippen LogP contribution is -2.13. The number of carbonyl (C=O) groups is 1. The molecule has 33 heavy (non-hydrogen) atoms. The first-order chi connectivity index (χ1) is 16.0. The Labute approximate surface area is 193 Å². The Kier molecular flexibility index (Phi) is 5.27. The Morgan fingerprint density at radius 1 is 0.727 bits per heavy atom. The van der Waals surface area contributed by atoms with Crippen molar-refractivity contribution in [3.8, 4) is 16.9 Å². The van der Waals surface area contributed by atoms with E-state index in [1.807, 2.05) is 61.0 Å². The van der Waals surface area contributed by atoms with E-state index in [4.69, 9.17) is 5.10 Å². The van der Waals surface area contributed by atoms with Crippen molar-refractivity contribution in [3.63, 3.8) is 0 Å². The van der Waals surface area contributed by atoms with Gasteiger partial charge in [-0.25, -0.2) is 4.68 Å². The Bertz CT molecular complexity index is 1460. The summed E-state index contributed by atoms with van der Waals surface area (Å²) in [5.74, 6) is -0.229. The van der Waals surface area contributed by atoms with Crippen molar-refractivity contribution in [2.75, 3.05) is 5.32 Å². The molecular formula is C29H25N3O. The molecule has 0 aliphatic rings. The number of carbonyl (C=O) groups excluding carboxylic acids is 1. The van der Waals surface area contributed by atoms with Gasteiger partial charge in [0, 0.05) is 11.3 Å². The fourth-order valence-corrected chi connectivity index (χ4v) is 4.17. The number of hydrogen-bond acceptors (Lipinski definition) is 2. The maximum atomic E-state index is 13.1.